The lowest BCUT2D eigenvalue weighted by Gasteiger charge is -2.07. The van der Waals surface area contributed by atoms with Crippen molar-refractivity contribution in [3.05, 3.63) is 29.3 Å². The number of aryl methyl sites for hydroxylation is 2. The van der Waals surface area contributed by atoms with Crippen molar-refractivity contribution in [2.45, 2.75) is 13.8 Å². The number of hydrogen-bond donors (Lipinski definition) is 2. The Balaban J connectivity index is 2.56. The van der Waals surface area contributed by atoms with Gasteiger partial charge in [0.1, 0.15) is 5.75 Å². The van der Waals surface area contributed by atoms with E-state index in [1.54, 1.807) is 0 Å². The molecule has 0 bridgehead atoms. The van der Waals surface area contributed by atoms with Crippen molar-refractivity contribution in [3.63, 3.8) is 0 Å². The van der Waals surface area contributed by atoms with Crippen LogP contribution in [-0.4, -0.2) is 33.3 Å². The van der Waals surface area contributed by atoms with Crippen LogP contribution >= 0.6 is 0 Å². The van der Waals surface area contributed by atoms with Gasteiger partial charge >= 0.3 is 0 Å². The lowest BCUT2D eigenvalue weighted by molar-refractivity contribution is -0.113. The summed E-state index contributed by atoms with van der Waals surface area (Å²) in [6.07, 6.45) is 0. The van der Waals surface area contributed by atoms with Gasteiger partial charge in [0.2, 0.25) is 5.91 Å². The van der Waals surface area contributed by atoms with E-state index in [-0.39, 0.29) is 24.0 Å². The topological polar surface area (TPSA) is 66.4 Å². The van der Waals surface area contributed by atoms with Crippen molar-refractivity contribution in [2.75, 3.05) is 23.4 Å². The average molecular weight is 255 g/mol. The van der Waals surface area contributed by atoms with Crippen molar-refractivity contribution in [1.82, 2.24) is 0 Å². The van der Waals surface area contributed by atoms with E-state index in [1.165, 1.54) is 0 Å². The Kier molecular flexibility index (Phi) is 5.31. The summed E-state index contributed by atoms with van der Waals surface area (Å²) >= 11 is 0. The molecule has 0 spiro atoms. The summed E-state index contributed by atoms with van der Waals surface area (Å²) in [6, 6.07) is 5.62. The summed E-state index contributed by atoms with van der Waals surface area (Å²) in [5.74, 6) is -0.228. The van der Waals surface area contributed by atoms with Crippen LogP contribution in [0.5, 0.6) is 0 Å². The summed E-state index contributed by atoms with van der Waals surface area (Å²) in [6.45, 7) is 3.80. The fraction of sp³-hybridized carbons (Fsp3) is 0.417. The number of amides is 1. The zero-order valence-electron chi connectivity index (χ0n) is 10.0. The highest BCUT2D eigenvalue weighted by atomic mass is 32.2. The van der Waals surface area contributed by atoms with E-state index >= 15 is 0 Å². The predicted molar refractivity (Wildman–Crippen MR) is 69.5 cm³/mol. The molecule has 0 saturated heterocycles. The maximum absolute atomic E-state index is 11.5. The number of carbonyl (C=O) groups excluding carboxylic acids is 1. The summed E-state index contributed by atoms with van der Waals surface area (Å²) < 4.78 is 11.3. The maximum Gasteiger partial charge on any atom is 0.236 e. The van der Waals surface area contributed by atoms with Crippen molar-refractivity contribution in [3.8, 4) is 0 Å². The minimum atomic E-state index is -1.30. The number of carbonyl (C=O) groups is 1. The van der Waals surface area contributed by atoms with Gasteiger partial charge in [0.25, 0.3) is 0 Å². The van der Waals surface area contributed by atoms with Crippen LogP contribution in [0.25, 0.3) is 0 Å². The van der Waals surface area contributed by atoms with Gasteiger partial charge in [-0.15, -0.1) is 0 Å². The molecular formula is C12H17NO3S. The fourth-order valence-electron chi connectivity index (χ4n) is 1.34. The van der Waals surface area contributed by atoms with E-state index < -0.39 is 10.8 Å². The summed E-state index contributed by atoms with van der Waals surface area (Å²) in [5.41, 5.74) is 2.96. The molecule has 0 radical (unpaired) electrons. The molecule has 1 unspecified atom stereocenters. The Morgan fingerprint density at radius 2 is 2.06 bits per heavy atom. The first kappa shape index (κ1) is 13.9. The van der Waals surface area contributed by atoms with Crippen LogP contribution < -0.4 is 5.32 Å². The molecule has 0 aliphatic heterocycles. The van der Waals surface area contributed by atoms with Crippen LogP contribution in [0.2, 0.25) is 0 Å². The van der Waals surface area contributed by atoms with Gasteiger partial charge in [0, 0.05) is 22.2 Å². The molecule has 1 amide bonds. The Morgan fingerprint density at radius 1 is 1.35 bits per heavy atom. The first-order valence-electron chi connectivity index (χ1n) is 5.36. The molecule has 1 atom stereocenters. The van der Waals surface area contributed by atoms with Gasteiger partial charge in [-0.3, -0.25) is 9.00 Å². The molecule has 94 valence electrons. The Hall–Kier alpha value is -1.20. The zero-order valence-corrected chi connectivity index (χ0v) is 10.8. The van der Waals surface area contributed by atoms with Crippen molar-refractivity contribution in [2.24, 2.45) is 0 Å². The Morgan fingerprint density at radius 3 is 2.65 bits per heavy atom. The standard InChI is InChI=1S/C12H17NO3S/c1-9-3-4-11(7-10(9)2)13-12(15)8-17(16)6-5-14/h3-4,7,14H,5-6,8H2,1-2H3,(H,13,15). The molecule has 0 aliphatic rings. The highest BCUT2D eigenvalue weighted by molar-refractivity contribution is 7.85. The quantitative estimate of drug-likeness (QED) is 0.824. The molecule has 1 aromatic rings. The van der Waals surface area contributed by atoms with Crippen LogP contribution in [0.3, 0.4) is 0 Å². The van der Waals surface area contributed by atoms with Gasteiger partial charge < -0.3 is 10.4 Å². The smallest absolute Gasteiger partial charge is 0.236 e. The molecule has 0 fully saturated rings. The molecule has 1 rings (SSSR count). The second kappa shape index (κ2) is 6.51. The average Bonchev–Trinajstić information content (AvgIpc) is 2.23. The SMILES string of the molecule is Cc1ccc(NC(=O)CS(=O)CCO)cc1C. The van der Waals surface area contributed by atoms with E-state index in [2.05, 4.69) is 5.32 Å². The van der Waals surface area contributed by atoms with E-state index in [0.29, 0.717) is 5.69 Å². The molecular weight excluding hydrogens is 238 g/mol. The Labute approximate surface area is 104 Å². The molecule has 0 aliphatic carbocycles. The van der Waals surface area contributed by atoms with Gasteiger partial charge in [-0.05, 0) is 37.1 Å². The van der Waals surface area contributed by atoms with Crippen LogP contribution in [0.1, 0.15) is 11.1 Å². The van der Waals surface area contributed by atoms with Gasteiger partial charge in [-0.1, -0.05) is 6.07 Å². The second-order valence-corrected chi connectivity index (χ2v) is 5.44. The molecule has 0 aromatic heterocycles. The van der Waals surface area contributed by atoms with Gasteiger partial charge in [0.05, 0.1) is 6.61 Å². The maximum atomic E-state index is 11.5. The van der Waals surface area contributed by atoms with Gasteiger partial charge in [-0.2, -0.15) is 0 Å². The molecule has 0 saturated carbocycles. The number of anilines is 1. The van der Waals surface area contributed by atoms with Crippen LogP contribution in [0, 0.1) is 13.8 Å². The molecule has 4 nitrogen and oxygen atoms in total. The summed E-state index contributed by atoms with van der Waals surface area (Å²) in [5, 5.41) is 11.3. The monoisotopic (exact) mass is 255 g/mol. The van der Waals surface area contributed by atoms with Gasteiger partial charge in [0.15, 0.2) is 0 Å². The highest BCUT2D eigenvalue weighted by Crippen LogP contribution is 2.13. The summed E-state index contributed by atoms with van der Waals surface area (Å²) in [7, 11) is -1.30. The minimum absolute atomic E-state index is 0.0759. The van der Waals surface area contributed by atoms with Crippen LogP contribution in [-0.2, 0) is 15.6 Å². The fourth-order valence-corrected chi connectivity index (χ4v) is 2.05. The molecule has 0 heterocycles. The van der Waals surface area contributed by atoms with Crippen LogP contribution in [0.4, 0.5) is 5.69 Å². The third-order valence-electron chi connectivity index (χ3n) is 2.40. The lowest BCUT2D eigenvalue weighted by atomic mass is 10.1. The number of benzene rings is 1. The van der Waals surface area contributed by atoms with E-state index in [0.717, 1.165) is 11.1 Å². The van der Waals surface area contributed by atoms with E-state index in [1.807, 2.05) is 32.0 Å². The number of rotatable bonds is 5. The molecule has 1 aromatic carbocycles. The largest absolute Gasteiger partial charge is 0.395 e. The Bertz CT molecular complexity index is 432. The molecule has 2 N–H and O–H groups in total. The van der Waals surface area contributed by atoms with E-state index in [9.17, 15) is 9.00 Å². The highest BCUT2D eigenvalue weighted by Gasteiger charge is 2.08. The number of hydrogen-bond acceptors (Lipinski definition) is 3. The predicted octanol–water partition coefficient (Wildman–Crippen LogP) is 0.983. The zero-order chi connectivity index (χ0) is 12.8. The third-order valence-corrected chi connectivity index (χ3v) is 3.62. The van der Waals surface area contributed by atoms with Gasteiger partial charge in [-0.25, -0.2) is 0 Å². The first-order valence-corrected chi connectivity index (χ1v) is 6.84. The summed E-state index contributed by atoms with van der Waals surface area (Å²) in [4.78, 5) is 11.5. The van der Waals surface area contributed by atoms with Crippen molar-refractivity contribution in [1.29, 1.82) is 0 Å². The van der Waals surface area contributed by atoms with Crippen molar-refractivity contribution < 1.29 is 14.1 Å². The second-order valence-electron chi connectivity index (χ2n) is 3.86. The van der Waals surface area contributed by atoms with Crippen molar-refractivity contribution >= 4 is 22.4 Å². The van der Waals surface area contributed by atoms with E-state index in [4.69, 9.17) is 5.11 Å². The number of aliphatic hydroxyl groups is 1. The van der Waals surface area contributed by atoms with Crippen LogP contribution in [0.15, 0.2) is 18.2 Å². The molecule has 17 heavy (non-hydrogen) atoms. The molecule has 5 heteroatoms. The number of aliphatic hydroxyl groups excluding tert-OH is 1. The normalized spacial score (nSPS) is 12.2. The minimum Gasteiger partial charge on any atom is -0.395 e. The number of nitrogens with one attached hydrogen (secondary N) is 1. The third kappa shape index (κ3) is 4.66. The first-order chi connectivity index (χ1) is 8.02. The lowest BCUT2D eigenvalue weighted by Crippen LogP contribution is -2.21.